The van der Waals surface area contributed by atoms with Gasteiger partial charge in [-0.15, -0.1) is 0 Å². The SMILES string of the molecule is CCN1CCN(C(=O)C2CCC(CN)CC2)CC1C. The summed E-state index contributed by atoms with van der Waals surface area (Å²) in [5.41, 5.74) is 5.72. The number of hydrogen-bond acceptors (Lipinski definition) is 3. The van der Waals surface area contributed by atoms with Crippen LogP contribution >= 0.6 is 0 Å². The van der Waals surface area contributed by atoms with Crippen LogP contribution in [-0.2, 0) is 4.79 Å². The third-order valence-electron chi connectivity index (χ3n) is 5.01. The fraction of sp³-hybridized carbons (Fsp3) is 0.933. The lowest BCUT2D eigenvalue weighted by Gasteiger charge is -2.41. The second-order valence-electron chi connectivity index (χ2n) is 6.22. The number of carbonyl (C=O) groups excluding carboxylic acids is 1. The molecule has 1 amide bonds. The van der Waals surface area contributed by atoms with Gasteiger partial charge in [0.05, 0.1) is 0 Å². The molecule has 2 aliphatic rings. The minimum Gasteiger partial charge on any atom is -0.340 e. The first-order chi connectivity index (χ1) is 9.15. The monoisotopic (exact) mass is 267 g/mol. The highest BCUT2D eigenvalue weighted by Gasteiger charge is 2.32. The van der Waals surface area contributed by atoms with Crippen LogP contribution in [0.4, 0.5) is 0 Å². The topological polar surface area (TPSA) is 49.6 Å². The Labute approximate surface area is 117 Å². The van der Waals surface area contributed by atoms with E-state index in [1.807, 2.05) is 0 Å². The number of piperazine rings is 1. The van der Waals surface area contributed by atoms with E-state index in [2.05, 4.69) is 23.6 Å². The number of rotatable bonds is 3. The van der Waals surface area contributed by atoms with Crippen molar-refractivity contribution in [3.63, 3.8) is 0 Å². The van der Waals surface area contributed by atoms with Crippen LogP contribution in [0.25, 0.3) is 0 Å². The predicted molar refractivity (Wildman–Crippen MR) is 77.8 cm³/mol. The van der Waals surface area contributed by atoms with Gasteiger partial charge in [-0.25, -0.2) is 0 Å². The Balaban J connectivity index is 1.84. The Morgan fingerprint density at radius 1 is 1.21 bits per heavy atom. The maximum absolute atomic E-state index is 12.6. The standard InChI is InChI=1S/C15H29N3O/c1-3-17-8-9-18(11-12(17)2)15(19)14-6-4-13(10-16)5-7-14/h12-14H,3-11,16H2,1-2H3. The minimum absolute atomic E-state index is 0.267. The minimum atomic E-state index is 0.267. The highest BCUT2D eigenvalue weighted by atomic mass is 16.2. The Morgan fingerprint density at radius 2 is 1.89 bits per heavy atom. The number of nitrogens with two attached hydrogens (primary N) is 1. The van der Waals surface area contributed by atoms with E-state index in [4.69, 9.17) is 5.73 Å². The maximum atomic E-state index is 12.6. The van der Waals surface area contributed by atoms with E-state index in [1.165, 1.54) is 0 Å². The second kappa shape index (κ2) is 6.71. The van der Waals surface area contributed by atoms with E-state index in [-0.39, 0.29) is 5.92 Å². The third kappa shape index (κ3) is 3.48. The van der Waals surface area contributed by atoms with Gasteiger partial charge in [-0.2, -0.15) is 0 Å². The number of likely N-dealkylation sites (N-methyl/N-ethyl adjacent to an activating group) is 1. The molecule has 2 N–H and O–H groups in total. The molecule has 0 aromatic heterocycles. The van der Waals surface area contributed by atoms with Crippen molar-refractivity contribution in [1.82, 2.24) is 9.80 Å². The summed E-state index contributed by atoms with van der Waals surface area (Å²) in [6.07, 6.45) is 4.36. The molecule has 2 rings (SSSR count). The van der Waals surface area contributed by atoms with Crippen molar-refractivity contribution < 1.29 is 4.79 Å². The Kier molecular flexibility index (Phi) is 5.22. The molecule has 0 aromatic rings. The molecule has 110 valence electrons. The smallest absolute Gasteiger partial charge is 0.225 e. The first kappa shape index (κ1) is 14.8. The predicted octanol–water partition coefficient (Wildman–Crippen LogP) is 1.30. The number of hydrogen-bond donors (Lipinski definition) is 1. The van der Waals surface area contributed by atoms with Crippen LogP contribution in [0.5, 0.6) is 0 Å². The molecule has 19 heavy (non-hydrogen) atoms. The van der Waals surface area contributed by atoms with E-state index in [0.717, 1.165) is 58.4 Å². The molecule has 0 aromatic carbocycles. The van der Waals surface area contributed by atoms with Gasteiger partial charge in [0.15, 0.2) is 0 Å². The van der Waals surface area contributed by atoms with E-state index >= 15 is 0 Å². The molecule has 1 heterocycles. The molecule has 0 bridgehead atoms. The van der Waals surface area contributed by atoms with Crippen molar-refractivity contribution in [2.24, 2.45) is 17.6 Å². The van der Waals surface area contributed by atoms with E-state index < -0.39 is 0 Å². The van der Waals surface area contributed by atoms with Crippen molar-refractivity contribution >= 4 is 5.91 Å². The average molecular weight is 267 g/mol. The Morgan fingerprint density at radius 3 is 2.42 bits per heavy atom. The maximum Gasteiger partial charge on any atom is 0.225 e. The number of amides is 1. The summed E-state index contributed by atoms with van der Waals surface area (Å²) in [5.74, 6) is 1.32. The lowest BCUT2D eigenvalue weighted by molar-refractivity contribution is -0.139. The van der Waals surface area contributed by atoms with Gasteiger partial charge in [0, 0.05) is 31.6 Å². The lowest BCUT2D eigenvalue weighted by Crippen LogP contribution is -2.54. The highest BCUT2D eigenvalue weighted by Crippen LogP contribution is 2.30. The van der Waals surface area contributed by atoms with E-state index in [0.29, 0.717) is 17.9 Å². The quantitative estimate of drug-likeness (QED) is 0.838. The van der Waals surface area contributed by atoms with Crippen molar-refractivity contribution in [2.75, 3.05) is 32.7 Å². The molecule has 1 aliphatic heterocycles. The van der Waals surface area contributed by atoms with Crippen molar-refractivity contribution in [2.45, 2.75) is 45.6 Å². The van der Waals surface area contributed by atoms with Gasteiger partial charge < -0.3 is 10.6 Å². The summed E-state index contributed by atoms with van der Waals surface area (Å²) in [6.45, 7) is 9.15. The van der Waals surface area contributed by atoms with Crippen molar-refractivity contribution in [1.29, 1.82) is 0 Å². The van der Waals surface area contributed by atoms with Crippen LogP contribution in [-0.4, -0.2) is 54.5 Å². The normalized spacial score (nSPS) is 33.4. The summed E-state index contributed by atoms with van der Waals surface area (Å²) in [5, 5.41) is 0. The van der Waals surface area contributed by atoms with Gasteiger partial charge in [0.25, 0.3) is 0 Å². The van der Waals surface area contributed by atoms with Crippen LogP contribution in [0.3, 0.4) is 0 Å². The molecular formula is C15H29N3O. The Bertz CT molecular complexity index is 300. The molecule has 4 nitrogen and oxygen atoms in total. The van der Waals surface area contributed by atoms with Gasteiger partial charge in [0.1, 0.15) is 0 Å². The first-order valence-electron chi connectivity index (χ1n) is 7.88. The molecule has 1 atom stereocenters. The number of nitrogens with zero attached hydrogens (tertiary/aromatic N) is 2. The fourth-order valence-corrected chi connectivity index (χ4v) is 3.57. The van der Waals surface area contributed by atoms with Crippen molar-refractivity contribution in [3.8, 4) is 0 Å². The lowest BCUT2D eigenvalue weighted by atomic mass is 9.81. The van der Waals surface area contributed by atoms with Crippen LogP contribution in [0.2, 0.25) is 0 Å². The molecule has 1 saturated carbocycles. The van der Waals surface area contributed by atoms with Gasteiger partial charge in [-0.1, -0.05) is 6.92 Å². The summed E-state index contributed by atoms with van der Waals surface area (Å²) >= 11 is 0. The fourth-order valence-electron chi connectivity index (χ4n) is 3.57. The van der Waals surface area contributed by atoms with Crippen LogP contribution in [0, 0.1) is 11.8 Å². The van der Waals surface area contributed by atoms with Gasteiger partial charge in [-0.3, -0.25) is 9.69 Å². The molecule has 0 radical (unpaired) electrons. The van der Waals surface area contributed by atoms with Gasteiger partial charge in [-0.05, 0) is 51.6 Å². The molecule has 1 unspecified atom stereocenters. The largest absolute Gasteiger partial charge is 0.340 e. The third-order valence-corrected chi connectivity index (χ3v) is 5.01. The van der Waals surface area contributed by atoms with E-state index in [9.17, 15) is 4.79 Å². The summed E-state index contributed by atoms with van der Waals surface area (Å²) in [4.78, 5) is 17.1. The molecular weight excluding hydrogens is 238 g/mol. The highest BCUT2D eigenvalue weighted by molar-refractivity contribution is 5.79. The average Bonchev–Trinajstić information content (AvgIpc) is 2.46. The van der Waals surface area contributed by atoms with Crippen LogP contribution in [0.1, 0.15) is 39.5 Å². The van der Waals surface area contributed by atoms with Crippen LogP contribution in [0.15, 0.2) is 0 Å². The Hall–Kier alpha value is -0.610. The summed E-state index contributed by atoms with van der Waals surface area (Å²) in [6, 6.07) is 0.503. The van der Waals surface area contributed by atoms with Gasteiger partial charge in [0.2, 0.25) is 5.91 Å². The molecule has 4 heteroatoms. The van der Waals surface area contributed by atoms with Gasteiger partial charge >= 0.3 is 0 Å². The molecule has 0 spiro atoms. The first-order valence-corrected chi connectivity index (χ1v) is 7.88. The second-order valence-corrected chi connectivity index (χ2v) is 6.22. The molecule has 1 aliphatic carbocycles. The summed E-state index contributed by atoms with van der Waals surface area (Å²) < 4.78 is 0. The zero-order valence-electron chi connectivity index (χ0n) is 12.5. The molecule has 1 saturated heterocycles. The van der Waals surface area contributed by atoms with Crippen molar-refractivity contribution in [3.05, 3.63) is 0 Å². The zero-order chi connectivity index (χ0) is 13.8. The molecule has 2 fully saturated rings. The van der Waals surface area contributed by atoms with E-state index in [1.54, 1.807) is 0 Å². The summed E-state index contributed by atoms with van der Waals surface area (Å²) in [7, 11) is 0. The van der Waals surface area contributed by atoms with Crippen LogP contribution < -0.4 is 5.73 Å². The number of carbonyl (C=O) groups is 1. The zero-order valence-corrected chi connectivity index (χ0v) is 12.5.